The Hall–Kier alpha value is -4.54. The van der Waals surface area contributed by atoms with Crippen molar-refractivity contribution in [2.24, 2.45) is 10.2 Å². The van der Waals surface area contributed by atoms with Gasteiger partial charge in [-0.25, -0.2) is 4.98 Å². The number of rotatable bonds is 6. The van der Waals surface area contributed by atoms with E-state index in [-0.39, 0.29) is 22.9 Å². The first-order chi connectivity index (χ1) is 19.0. The van der Waals surface area contributed by atoms with E-state index in [1.807, 2.05) is 79.7 Å². The first kappa shape index (κ1) is 24.8. The molecule has 6 rings (SSSR count). The van der Waals surface area contributed by atoms with E-state index in [4.69, 9.17) is 4.98 Å². The Bertz CT molecular complexity index is 1930. The number of hydrogen-bond acceptors (Lipinski definition) is 7. The van der Waals surface area contributed by atoms with Crippen LogP contribution in [0.3, 0.4) is 0 Å². The molecule has 0 radical (unpaired) electrons. The van der Waals surface area contributed by atoms with E-state index < -0.39 is 5.91 Å². The quantitative estimate of drug-likeness (QED) is 0.131. The zero-order valence-corrected chi connectivity index (χ0v) is 22.3. The van der Waals surface area contributed by atoms with Crippen molar-refractivity contribution in [3.05, 3.63) is 100 Å². The minimum atomic E-state index is -0.522. The van der Waals surface area contributed by atoms with Gasteiger partial charge in [0.1, 0.15) is 4.83 Å². The molecule has 0 aliphatic rings. The highest BCUT2D eigenvalue weighted by atomic mass is 32.2. The van der Waals surface area contributed by atoms with E-state index in [0.717, 1.165) is 27.8 Å². The van der Waals surface area contributed by atoms with Crippen LogP contribution in [0.4, 0.5) is 5.69 Å². The first-order valence-electron chi connectivity index (χ1n) is 12.1. The summed E-state index contributed by atoms with van der Waals surface area (Å²) >= 11 is 2.58. The van der Waals surface area contributed by atoms with Crippen molar-refractivity contribution < 1.29 is 9.90 Å². The fraction of sp³-hybridized carbons (Fsp3) is 0.0690. The van der Waals surface area contributed by atoms with Crippen molar-refractivity contribution in [2.75, 3.05) is 5.75 Å². The summed E-state index contributed by atoms with van der Waals surface area (Å²) in [5, 5.41) is 19.6. The number of thioether (sulfide) groups is 1. The minimum Gasteiger partial charge on any atom is -0.493 e. The summed E-state index contributed by atoms with van der Waals surface area (Å²) in [5.41, 5.74) is 3.17. The van der Waals surface area contributed by atoms with Crippen LogP contribution < -0.4 is 5.56 Å². The summed E-state index contributed by atoms with van der Waals surface area (Å²) in [6.45, 7) is 1.98. The number of para-hydroxylation sites is 2. The van der Waals surface area contributed by atoms with Crippen LogP contribution in [-0.4, -0.2) is 31.3 Å². The van der Waals surface area contributed by atoms with Crippen LogP contribution in [0.2, 0.25) is 0 Å². The molecule has 39 heavy (non-hydrogen) atoms. The lowest BCUT2D eigenvalue weighted by Crippen LogP contribution is -2.22. The fourth-order valence-corrected chi connectivity index (χ4v) is 6.35. The average molecular weight is 552 g/mol. The van der Waals surface area contributed by atoms with E-state index in [2.05, 4.69) is 15.2 Å². The molecular formula is C29H21N5O3S2. The van der Waals surface area contributed by atoms with Gasteiger partial charge in [0.25, 0.3) is 11.5 Å². The number of aromatic nitrogens is 3. The molecule has 0 aliphatic heterocycles. The molecule has 3 heterocycles. The van der Waals surface area contributed by atoms with Crippen LogP contribution in [0.25, 0.3) is 37.9 Å². The zero-order valence-electron chi connectivity index (χ0n) is 20.7. The van der Waals surface area contributed by atoms with Gasteiger partial charge in [0.2, 0.25) is 5.88 Å². The number of amides is 1. The van der Waals surface area contributed by atoms with Crippen LogP contribution in [0.5, 0.6) is 5.88 Å². The Kier molecular flexibility index (Phi) is 6.55. The predicted molar refractivity (Wildman–Crippen MR) is 156 cm³/mol. The number of aryl methyl sites for hydroxylation is 1. The molecule has 0 fully saturated rings. The molecule has 3 aromatic carbocycles. The van der Waals surface area contributed by atoms with Crippen LogP contribution in [0.1, 0.15) is 4.88 Å². The summed E-state index contributed by atoms with van der Waals surface area (Å²) in [5.74, 6) is -0.772. The number of nitrogens with one attached hydrogen (secondary N) is 1. The summed E-state index contributed by atoms with van der Waals surface area (Å²) < 4.78 is 1.54. The van der Waals surface area contributed by atoms with Crippen molar-refractivity contribution in [3.63, 3.8) is 0 Å². The van der Waals surface area contributed by atoms with Crippen LogP contribution in [0, 0.1) is 6.92 Å². The molecule has 0 spiro atoms. The van der Waals surface area contributed by atoms with Crippen molar-refractivity contribution >= 4 is 55.8 Å². The number of hydrogen-bond donors (Lipinski definition) is 2. The van der Waals surface area contributed by atoms with Gasteiger partial charge in [0.15, 0.2) is 10.8 Å². The molecule has 0 saturated carbocycles. The lowest BCUT2D eigenvalue weighted by atomic mass is 10.0. The molecular weight excluding hydrogens is 530 g/mol. The molecule has 0 bridgehead atoms. The summed E-state index contributed by atoms with van der Waals surface area (Å²) in [6, 6.07) is 26.3. The molecule has 0 aliphatic carbocycles. The number of nitrogens with zero attached hydrogens (tertiary/aromatic N) is 4. The third-order valence-electron chi connectivity index (χ3n) is 6.19. The second-order valence-corrected chi connectivity index (χ2v) is 10.8. The maximum absolute atomic E-state index is 14.0. The van der Waals surface area contributed by atoms with E-state index in [1.165, 1.54) is 11.3 Å². The Morgan fingerprint density at radius 2 is 1.72 bits per heavy atom. The zero-order chi connectivity index (χ0) is 26.9. The van der Waals surface area contributed by atoms with E-state index in [9.17, 15) is 14.7 Å². The fourth-order valence-electron chi connectivity index (χ4n) is 4.47. The molecule has 10 heteroatoms. The van der Waals surface area contributed by atoms with E-state index in [1.54, 1.807) is 16.7 Å². The Morgan fingerprint density at radius 3 is 2.49 bits per heavy atom. The van der Waals surface area contributed by atoms with Gasteiger partial charge >= 0.3 is 0 Å². The van der Waals surface area contributed by atoms with Crippen molar-refractivity contribution in [3.8, 4) is 22.7 Å². The minimum absolute atomic E-state index is 0.0900. The molecule has 0 atom stereocenters. The number of azo groups is 1. The third-order valence-corrected chi connectivity index (χ3v) is 8.12. The number of fused-ring (bicyclic) bond motifs is 2. The molecule has 3 aromatic heterocycles. The predicted octanol–water partition coefficient (Wildman–Crippen LogP) is 7.01. The number of benzene rings is 3. The lowest BCUT2D eigenvalue weighted by Gasteiger charge is -2.12. The monoisotopic (exact) mass is 551 g/mol. The van der Waals surface area contributed by atoms with Crippen molar-refractivity contribution in [1.82, 2.24) is 14.5 Å². The van der Waals surface area contributed by atoms with Gasteiger partial charge in [0, 0.05) is 15.8 Å². The molecule has 8 nitrogen and oxygen atoms in total. The number of aromatic amines is 1. The van der Waals surface area contributed by atoms with Crippen LogP contribution >= 0.6 is 23.1 Å². The highest BCUT2D eigenvalue weighted by Crippen LogP contribution is 2.37. The largest absolute Gasteiger partial charge is 0.493 e. The lowest BCUT2D eigenvalue weighted by molar-refractivity contribution is -0.115. The number of aromatic hydroxyl groups is 1. The molecule has 1 amide bonds. The van der Waals surface area contributed by atoms with Gasteiger partial charge in [-0.15, -0.1) is 21.6 Å². The van der Waals surface area contributed by atoms with Crippen LogP contribution in [-0.2, 0) is 4.79 Å². The summed E-state index contributed by atoms with van der Waals surface area (Å²) in [7, 11) is 0. The number of carbonyl (C=O) groups is 1. The number of thiophene rings is 1. The maximum atomic E-state index is 14.0. The van der Waals surface area contributed by atoms with Gasteiger partial charge in [-0.3, -0.25) is 14.2 Å². The average Bonchev–Trinajstić information content (AvgIpc) is 3.46. The Labute approximate surface area is 230 Å². The molecule has 0 unspecified atom stereocenters. The summed E-state index contributed by atoms with van der Waals surface area (Å²) in [4.78, 5) is 36.0. The smallest absolute Gasteiger partial charge is 0.275 e. The summed E-state index contributed by atoms with van der Waals surface area (Å²) in [6.07, 6.45) is 0. The van der Waals surface area contributed by atoms with Gasteiger partial charge in [-0.1, -0.05) is 78.5 Å². The van der Waals surface area contributed by atoms with Crippen molar-refractivity contribution in [2.45, 2.75) is 12.1 Å². The van der Waals surface area contributed by atoms with Gasteiger partial charge < -0.3 is 10.1 Å². The molecule has 6 aromatic rings. The number of H-pyrrole nitrogens is 1. The second kappa shape index (κ2) is 10.3. The Morgan fingerprint density at radius 1 is 1.03 bits per heavy atom. The third kappa shape index (κ3) is 4.64. The Balaban J connectivity index is 1.37. The molecule has 2 N–H and O–H groups in total. The van der Waals surface area contributed by atoms with E-state index >= 15 is 0 Å². The topological polar surface area (TPSA) is 113 Å². The van der Waals surface area contributed by atoms with Crippen molar-refractivity contribution in [1.29, 1.82) is 0 Å². The number of carbonyl (C=O) groups excluding carboxylic acids is 1. The van der Waals surface area contributed by atoms with Gasteiger partial charge in [0.05, 0.1) is 22.3 Å². The highest BCUT2D eigenvalue weighted by molar-refractivity contribution is 7.99. The maximum Gasteiger partial charge on any atom is 0.275 e. The first-order valence-corrected chi connectivity index (χ1v) is 13.9. The van der Waals surface area contributed by atoms with Gasteiger partial charge in [-0.2, -0.15) is 0 Å². The normalized spacial score (nSPS) is 11.6. The van der Waals surface area contributed by atoms with Crippen LogP contribution in [0.15, 0.2) is 105 Å². The van der Waals surface area contributed by atoms with E-state index in [0.29, 0.717) is 32.0 Å². The highest BCUT2D eigenvalue weighted by Gasteiger charge is 2.21. The molecule has 192 valence electrons. The second-order valence-electron chi connectivity index (χ2n) is 8.70. The molecule has 0 saturated heterocycles. The standard InChI is InChI=1S/C29H21N5O3S2/c1-17-23(18-10-4-2-5-11-18)24-27(39-17)31-29(34(28(24)37)19-12-6-3-7-13-19)38-16-22(35)32-33-25-20-14-8-9-15-21(20)30-26(25)36/h2-15,30,36H,16H2,1H3. The van der Waals surface area contributed by atoms with Gasteiger partial charge in [-0.05, 0) is 30.7 Å². The SMILES string of the molecule is Cc1sc2nc(SCC(=O)N=Nc3c(O)[nH]c4ccccc34)n(-c3ccccc3)c(=O)c2c1-c1ccccc1.